The number of hydrogen-bond donors (Lipinski definition) is 1. The minimum Gasteiger partial charge on any atom is -0.322 e. The molecule has 2 amide bonds. The van der Waals surface area contributed by atoms with E-state index in [1.165, 1.54) is 10.6 Å². The summed E-state index contributed by atoms with van der Waals surface area (Å²) in [5, 5.41) is 7.23. The molecule has 2 aromatic heterocycles. The highest BCUT2D eigenvalue weighted by molar-refractivity contribution is 5.90. The zero-order valence-electron chi connectivity index (χ0n) is 13.6. The van der Waals surface area contributed by atoms with Crippen molar-refractivity contribution in [3.63, 3.8) is 0 Å². The Morgan fingerprint density at radius 2 is 2.13 bits per heavy atom. The first-order chi connectivity index (χ1) is 10.9. The van der Waals surface area contributed by atoms with Crippen LogP contribution in [-0.4, -0.2) is 38.4 Å². The maximum absolute atomic E-state index is 12.4. The second kappa shape index (κ2) is 5.91. The van der Waals surface area contributed by atoms with E-state index in [9.17, 15) is 9.59 Å². The van der Waals surface area contributed by atoms with Crippen LogP contribution in [0.15, 0.2) is 29.5 Å². The Hall–Kier alpha value is -2.57. The monoisotopic (exact) mass is 315 g/mol. The van der Waals surface area contributed by atoms with E-state index in [-0.39, 0.29) is 17.6 Å². The van der Waals surface area contributed by atoms with Crippen LogP contribution in [-0.2, 0) is 7.05 Å². The van der Waals surface area contributed by atoms with Crippen LogP contribution in [0.2, 0.25) is 0 Å². The van der Waals surface area contributed by atoms with Crippen molar-refractivity contribution in [1.82, 2.24) is 19.2 Å². The molecule has 0 saturated carbocycles. The smallest absolute Gasteiger partial charge is 0.321 e. The lowest BCUT2D eigenvalue weighted by Crippen LogP contribution is -2.34. The Morgan fingerprint density at radius 1 is 1.35 bits per heavy atom. The molecule has 0 spiro atoms. The molecule has 0 radical (unpaired) electrons. The molecule has 1 N–H and O–H groups in total. The second-order valence-electron chi connectivity index (χ2n) is 6.14. The first kappa shape index (κ1) is 15.3. The van der Waals surface area contributed by atoms with Crippen LogP contribution < -0.4 is 10.9 Å². The topological polar surface area (TPSA) is 72.2 Å². The van der Waals surface area contributed by atoms with E-state index in [1.807, 2.05) is 30.9 Å². The molecular formula is C16H21N5O2. The van der Waals surface area contributed by atoms with Gasteiger partial charge in [-0.15, -0.1) is 0 Å². The number of nitrogens with one attached hydrogen (secondary N) is 1. The molecular weight excluding hydrogens is 294 g/mol. The molecule has 1 fully saturated rings. The maximum atomic E-state index is 12.4. The summed E-state index contributed by atoms with van der Waals surface area (Å²) in [6.45, 7) is 5.15. The van der Waals surface area contributed by atoms with E-state index in [1.54, 1.807) is 18.1 Å². The molecule has 7 heteroatoms. The van der Waals surface area contributed by atoms with Crippen molar-refractivity contribution in [2.45, 2.75) is 26.3 Å². The molecule has 1 unspecified atom stereocenters. The van der Waals surface area contributed by atoms with E-state index in [4.69, 9.17) is 0 Å². The van der Waals surface area contributed by atoms with Crippen molar-refractivity contribution >= 4 is 11.7 Å². The standard InChI is InChI=1S/C16H21N5O2/c1-11-7-17-21(8-11)13-4-5-20(9-13)16(23)18-14-10-19(3)15(22)6-12(14)2/h6-8,10,13H,4-5,9H2,1-3H3,(H,18,23). The summed E-state index contributed by atoms with van der Waals surface area (Å²) in [5.74, 6) is 0. The predicted octanol–water partition coefficient (Wildman–Crippen LogP) is 1.68. The van der Waals surface area contributed by atoms with Crippen LogP contribution in [0.5, 0.6) is 0 Å². The molecule has 1 saturated heterocycles. The van der Waals surface area contributed by atoms with Crippen molar-refractivity contribution in [2.75, 3.05) is 18.4 Å². The third-order valence-corrected chi connectivity index (χ3v) is 4.23. The van der Waals surface area contributed by atoms with Crippen molar-refractivity contribution in [2.24, 2.45) is 7.05 Å². The van der Waals surface area contributed by atoms with Gasteiger partial charge >= 0.3 is 6.03 Å². The number of hydrogen-bond acceptors (Lipinski definition) is 3. The van der Waals surface area contributed by atoms with Crippen molar-refractivity contribution in [3.05, 3.63) is 46.1 Å². The summed E-state index contributed by atoms with van der Waals surface area (Å²) < 4.78 is 3.39. The van der Waals surface area contributed by atoms with Gasteiger partial charge in [0.1, 0.15) is 0 Å². The largest absolute Gasteiger partial charge is 0.322 e. The molecule has 23 heavy (non-hydrogen) atoms. The lowest BCUT2D eigenvalue weighted by atomic mass is 10.2. The summed E-state index contributed by atoms with van der Waals surface area (Å²) in [5.41, 5.74) is 2.46. The van der Waals surface area contributed by atoms with E-state index in [2.05, 4.69) is 10.4 Å². The fourth-order valence-electron chi connectivity index (χ4n) is 2.82. The number of carbonyl (C=O) groups excluding carboxylic acids is 1. The van der Waals surface area contributed by atoms with Crippen LogP contribution in [0.3, 0.4) is 0 Å². The number of anilines is 1. The van der Waals surface area contributed by atoms with Gasteiger partial charge in [-0.05, 0) is 31.4 Å². The Balaban J connectivity index is 1.68. The van der Waals surface area contributed by atoms with Gasteiger partial charge in [-0.1, -0.05) is 0 Å². The normalized spacial score (nSPS) is 17.5. The highest BCUT2D eigenvalue weighted by Gasteiger charge is 2.28. The summed E-state index contributed by atoms with van der Waals surface area (Å²) in [6, 6.07) is 1.60. The fourth-order valence-corrected chi connectivity index (χ4v) is 2.82. The first-order valence-corrected chi connectivity index (χ1v) is 7.68. The van der Waals surface area contributed by atoms with Gasteiger partial charge in [-0.25, -0.2) is 4.79 Å². The predicted molar refractivity (Wildman–Crippen MR) is 87.6 cm³/mol. The van der Waals surface area contributed by atoms with Crippen LogP contribution in [0.25, 0.3) is 0 Å². The first-order valence-electron chi connectivity index (χ1n) is 7.68. The zero-order chi connectivity index (χ0) is 16.6. The number of aromatic nitrogens is 3. The van der Waals surface area contributed by atoms with Crippen LogP contribution in [0.4, 0.5) is 10.5 Å². The van der Waals surface area contributed by atoms with Gasteiger partial charge in [-0.2, -0.15) is 5.10 Å². The molecule has 1 aliphatic rings. The fraction of sp³-hybridized carbons (Fsp3) is 0.438. The Kier molecular flexibility index (Phi) is 3.94. The summed E-state index contributed by atoms with van der Waals surface area (Å²) >= 11 is 0. The van der Waals surface area contributed by atoms with Gasteiger partial charge in [0.2, 0.25) is 0 Å². The Labute approximate surface area is 134 Å². The van der Waals surface area contributed by atoms with Gasteiger partial charge in [0.25, 0.3) is 5.56 Å². The summed E-state index contributed by atoms with van der Waals surface area (Å²) in [7, 11) is 1.67. The summed E-state index contributed by atoms with van der Waals surface area (Å²) in [6.07, 6.45) is 6.38. The second-order valence-corrected chi connectivity index (χ2v) is 6.14. The molecule has 7 nitrogen and oxygen atoms in total. The van der Waals surface area contributed by atoms with Crippen molar-refractivity contribution in [3.8, 4) is 0 Å². The summed E-state index contributed by atoms with van der Waals surface area (Å²) in [4.78, 5) is 25.8. The minimum atomic E-state index is -0.141. The van der Waals surface area contributed by atoms with Crippen molar-refractivity contribution < 1.29 is 4.79 Å². The molecule has 2 aromatic rings. The number of aryl methyl sites for hydroxylation is 3. The molecule has 0 bridgehead atoms. The number of likely N-dealkylation sites (tertiary alicyclic amines) is 1. The zero-order valence-corrected chi connectivity index (χ0v) is 13.6. The van der Waals surface area contributed by atoms with Gasteiger partial charge in [0, 0.05) is 38.6 Å². The van der Waals surface area contributed by atoms with Crippen LogP contribution in [0.1, 0.15) is 23.6 Å². The number of carbonyl (C=O) groups is 1. The number of nitrogens with zero attached hydrogens (tertiary/aromatic N) is 4. The van der Waals surface area contributed by atoms with Gasteiger partial charge in [0.05, 0.1) is 17.9 Å². The lowest BCUT2D eigenvalue weighted by Gasteiger charge is -2.18. The molecule has 3 heterocycles. The molecule has 3 rings (SSSR count). The Bertz CT molecular complexity index is 792. The van der Waals surface area contributed by atoms with Crippen LogP contribution >= 0.6 is 0 Å². The van der Waals surface area contributed by atoms with Gasteiger partial charge in [-0.3, -0.25) is 9.48 Å². The number of amides is 2. The number of rotatable bonds is 2. The highest BCUT2D eigenvalue weighted by Crippen LogP contribution is 2.22. The van der Waals surface area contributed by atoms with E-state index < -0.39 is 0 Å². The van der Waals surface area contributed by atoms with Crippen LogP contribution in [0, 0.1) is 13.8 Å². The SMILES string of the molecule is Cc1cnn(C2CCN(C(=O)Nc3cn(C)c(=O)cc3C)C2)c1. The van der Waals surface area contributed by atoms with E-state index in [0.29, 0.717) is 18.8 Å². The Morgan fingerprint density at radius 3 is 2.83 bits per heavy atom. The molecule has 0 aliphatic carbocycles. The minimum absolute atomic E-state index is 0.0872. The van der Waals surface area contributed by atoms with E-state index in [0.717, 1.165) is 17.5 Å². The third-order valence-electron chi connectivity index (χ3n) is 4.23. The maximum Gasteiger partial charge on any atom is 0.321 e. The van der Waals surface area contributed by atoms with Gasteiger partial charge in [0.15, 0.2) is 0 Å². The average Bonchev–Trinajstić information content (AvgIpc) is 3.13. The third kappa shape index (κ3) is 3.13. The number of urea groups is 1. The lowest BCUT2D eigenvalue weighted by molar-refractivity contribution is 0.220. The average molecular weight is 315 g/mol. The molecule has 122 valence electrons. The van der Waals surface area contributed by atoms with Gasteiger partial charge < -0.3 is 14.8 Å². The molecule has 0 aromatic carbocycles. The van der Waals surface area contributed by atoms with Crippen molar-refractivity contribution in [1.29, 1.82) is 0 Å². The molecule has 1 aliphatic heterocycles. The number of pyridine rings is 1. The van der Waals surface area contributed by atoms with E-state index >= 15 is 0 Å². The quantitative estimate of drug-likeness (QED) is 0.916. The molecule has 1 atom stereocenters. The highest BCUT2D eigenvalue weighted by atomic mass is 16.2.